The van der Waals surface area contributed by atoms with Crippen molar-refractivity contribution in [3.63, 3.8) is 0 Å². The van der Waals surface area contributed by atoms with Crippen LogP contribution < -0.4 is 4.74 Å². The Kier molecular flexibility index (Phi) is 4.01. The molecular formula is C20H20N6OS. The molecule has 0 radical (unpaired) electrons. The van der Waals surface area contributed by atoms with Gasteiger partial charge in [-0.25, -0.2) is 9.97 Å². The van der Waals surface area contributed by atoms with E-state index >= 15 is 0 Å². The summed E-state index contributed by atoms with van der Waals surface area (Å²) in [5.74, 6) is 2.70. The molecule has 1 aliphatic heterocycles. The van der Waals surface area contributed by atoms with Crippen LogP contribution in [0.5, 0.6) is 5.75 Å². The highest BCUT2D eigenvalue weighted by molar-refractivity contribution is 7.15. The largest absolute Gasteiger partial charge is 0.492 e. The minimum atomic E-state index is 0.304. The predicted molar refractivity (Wildman–Crippen MR) is 109 cm³/mol. The number of hydrogen-bond acceptors (Lipinski definition) is 6. The molecule has 0 saturated heterocycles. The summed E-state index contributed by atoms with van der Waals surface area (Å²) < 4.78 is 6.05. The summed E-state index contributed by atoms with van der Waals surface area (Å²) >= 11 is 1.64. The van der Waals surface area contributed by atoms with Crippen molar-refractivity contribution >= 4 is 11.3 Å². The number of benzene rings is 1. The van der Waals surface area contributed by atoms with Crippen LogP contribution in [-0.4, -0.2) is 37.0 Å². The third-order valence-electron chi connectivity index (χ3n) is 4.90. The van der Waals surface area contributed by atoms with Crippen LogP contribution in [0.15, 0.2) is 24.4 Å². The van der Waals surface area contributed by atoms with Crippen molar-refractivity contribution in [2.75, 3.05) is 6.61 Å². The fourth-order valence-corrected chi connectivity index (χ4v) is 4.35. The van der Waals surface area contributed by atoms with Gasteiger partial charge >= 0.3 is 0 Å². The van der Waals surface area contributed by atoms with Crippen LogP contribution in [0.3, 0.4) is 0 Å². The zero-order valence-electron chi connectivity index (χ0n) is 15.9. The van der Waals surface area contributed by atoms with E-state index in [0.717, 1.165) is 51.1 Å². The van der Waals surface area contributed by atoms with Gasteiger partial charge in [0, 0.05) is 34.0 Å². The Morgan fingerprint density at radius 2 is 2.04 bits per heavy atom. The molecule has 5 rings (SSSR count). The average molecular weight is 392 g/mol. The van der Waals surface area contributed by atoms with Gasteiger partial charge in [0.25, 0.3) is 0 Å². The number of thiazole rings is 1. The lowest BCUT2D eigenvalue weighted by molar-refractivity contribution is 0.327. The third-order valence-corrected chi connectivity index (χ3v) is 6.01. The molecule has 0 atom stereocenters. The van der Waals surface area contributed by atoms with Gasteiger partial charge in [-0.3, -0.25) is 10.2 Å². The topological polar surface area (TPSA) is 92.4 Å². The number of nitrogens with zero attached hydrogens (tertiary/aromatic N) is 4. The standard InChI is InChI=1S/C20H20N6OS/c1-10(2)18-23-19(26-25-18)20-22-17-13-5-4-12(14-9-21-24-11(14)3)8-15(13)27-7-6-16(17)28-20/h4-5,8-10H,6-7H2,1-3H3,(H,21,24)(H,23,25,26). The van der Waals surface area contributed by atoms with Crippen LogP contribution in [0, 0.1) is 6.92 Å². The molecule has 1 aliphatic rings. The number of ether oxygens (including phenoxy) is 1. The first-order valence-electron chi connectivity index (χ1n) is 9.30. The highest BCUT2D eigenvalue weighted by Gasteiger charge is 2.23. The van der Waals surface area contributed by atoms with Gasteiger partial charge in [0.2, 0.25) is 5.82 Å². The molecule has 0 spiro atoms. The number of aryl methyl sites for hydroxylation is 1. The Balaban J connectivity index is 1.57. The van der Waals surface area contributed by atoms with Crippen LogP contribution in [0.2, 0.25) is 0 Å². The zero-order chi connectivity index (χ0) is 19.3. The van der Waals surface area contributed by atoms with E-state index in [1.165, 1.54) is 4.88 Å². The van der Waals surface area contributed by atoms with Crippen molar-refractivity contribution in [3.8, 4) is 39.0 Å². The van der Waals surface area contributed by atoms with Crippen molar-refractivity contribution in [2.24, 2.45) is 0 Å². The van der Waals surface area contributed by atoms with Gasteiger partial charge in [-0.1, -0.05) is 19.9 Å². The van der Waals surface area contributed by atoms with Crippen molar-refractivity contribution < 1.29 is 4.74 Å². The quantitative estimate of drug-likeness (QED) is 0.541. The molecule has 142 valence electrons. The van der Waals surface area contributed by atoms with E-state index in [-0.39, 0.29) is 0 Å². The number of aromatic amines is 2. The summed E-state index contributed by atoms with van der Waals surface area (Å²) in [5.41, 5.74) is 5.19. The predicted octanol–water partition coefficient (Wildman–Crippen LogP) is 4.35. The third kappa shape index (κ3) is 2.80. The van der Waals surface area contributed by atoms with Gasteiger partial charge in [-0.2, -0.15) is 10.2 Å². The Bertz CT molecular complexity index is 1160. The van der Waals surface area contributed by atoms with E-state index in [2.05, 4.69) is 57.4 Å². The molecule has 0 amide bonds. The minimum absolute atomic E-state index is 0.304. The minimum Gasteiger partial charge on any atom is -0.492 e. The first-order valence-corrected chi connectivity index (χ1v) is 10.1. The molecule has 7 nitrogen and oxygen atoms in total. The number of H-pyrrole nitrogens is 2. The smallest absolute Gasteiger partial charge is 0.210 e. The van der Waals surface area contributed by atoms with E-state index in [1.54, 1.807) is 11.3 Å². The van der Waals surface area contributed by atoms with Crippen molar-refractivity contribution in [1.82, 2.24) is 30.4 Å². The van der Waals surface area contributed by atoms with Crippen molar-refractivity contribution in [3.05, 3.63) is 40.8 Å². The van der Waals surface area contributed by atoms with Crippen LogP contribution in [0.25, 0.3) is 33.2 Å². The van der Waals surface area contributed by atoms with Gasteiger partial charge in [-0.15, -0.1) is 11.3 Å². The SMILES string of the molecule is Cc1[nH]ncc1-c1ccc2c(c1)OCCc1sc(-c3n[nH]c(C(C)C)n3)nc1-2. The van der Waals surface area contributed by atoms with E-state index in [1.807, 2.05) is 13.1 Å². The zero-order valence-corrected chi connectivity index (χ0v) is 16.7. The molecule has 0 bridgehead atoms. The monoisotopic (exact) mass is 392 g/mol. The summed E-state index contributed by atoms with van der Waals surface area (Å²) in [6, 6.07) is 6.26. The normalized spacial score (nSPS) is 13.1. The van der Waals surface area contributed by atoms with Gasteiger partial charge in [0.05, 0.1) is 18.5 Å². The Morgan fingerprint density at radius 1 is 1.14 bits per heavy atom. The van der Waals surface area contributed by atoms with Crippen LogP contribution >= 0.6 is 11.3 Å². The fourth-order valence-electron chi connectivity index (χ4n) is 3.36. The molecule has 4 aromatic rings. The Morgan fingerprint density at radius 3 is 2.79 bits per heavy atom. The summed E-state index contributed by atoms with van der Waals surface area (Å²) in [4.78, 5) is 10.7. The average Bonchev–Trinajstić information content (AvgIpc) is 3.39. The molecule has 28 heavy (non-hydrogen) atoms. The molecule has 1 aromatic carbocycles. The lowest BCUT2D eigenvalue weighted by Gasteiger charge is -2.09. The van der Waals surface area contributed by atoms with E-state index in [9.17, 15) is 0 Å². The maximum Gasteiger partial charge on any atom is 0.210 e. The molecule has 2 N–H and O–H groups in total. The van der Waals surface area contributed by atoms with Gasteiger partial charge < -0.3 is 4.74 Å². The lowest BCUT2D eigenvalue weighted by Crippen LogP contribution is -1.98. The highest BCUT2D eigenvalue weighted by atomic mass is 32.1. The summed E-state index contributed by atoms with van der Waals surface area (Å²) in [6.07, 6.45) is 2.67. The molecule has 0 aliphatic carbocycles. The number of fused-ring (bicyclic) bond motifs is 3. The van der Waals surface area contributed by atoms with Crippen LogP contribution in [0.4, 0.5) is 0 Å². The Hall–Kier alpha value is -3.00. The summed E-state index contributed by atoms with van der Waals surface area (Å²) in [5, 5.41) is 15.3. The molecule has 0 unspecified atom stereocenters. The highest BCUT2D eigenvalue weighted by Crippen LogP contribution is 2.41. The number of nitrogens with one attached hydrogen (secondary N) is 2. The van der Waals surface area contributed by atoms with Gasteiger partial charge in [0.1, 0.15) is 11.6 Å². The maximum atomic E-state index is 6.05. The first-order chi connectivity index (χ1) is 13.6. The molecule has 0 fully saturated rings. The molecule has 3 aromatic heterocycles. The number of aromatic nitrogens is 6. The van der Waals surface area contributed by atoms with Crippen LogP contribution in [0.1, 0.15) is 36.2 Å². The second-order valence-electron chi connectivity index (χ2n) is 7.21. The second-order valence-corrected chi connectivity index (χ2v) is 8.29. The fraction of sp³-hybridized carbons (Fsp3) is 0.300. The molecular weight excluding hydrogens is 372 g/mol. The Labute approximate surface area is 166 Å². The first kappa shape index (κ1) is 17.1. The summed E-state index contributed by atoms with van der Waals surface area (Å²) in [7, 11) is 0. The second kappa shape index (κ2) is 6.56. The van der Waals surface area contributed by atoms with E-state index in [4.69, 9.17) is 9.72 Å². The molecule has 4 heterocycles. The maximum absolute atomic E-state index is 6.05. The lowest BCUT2D eigenvalue weighted by atomic mass is 10.0. The van der Waals surface area contributed by atoms with Crippen LogP contribution in [-0.2, 0) is 6.42 Å². The number of hydrogen-bond donors (Lipinski definition) is 2. The molecule has 0 saturated carbocycles. The number of rotatable bonds is 3. The van der Waals surface area contributed by atoms with E-state index < -0.39 is 0 Å². The summed E-state index contributed by atoms with van der Waals surface area (Å²) in [6.45, 7) is 6.82. The van der Waals surface area contributed by atoms with Crippen molar-refractivity contribution in [2.45, 2.75) is 33.1 Å². The van der Waals surface area contributed by atoms with Gasteiger partial charge in [0.15, 0.2) is 5.01 Å². The van der Waals surface area contributed by atoms with Gasteiger partial charge in [-0.05, 0) is 24.6 Å². The van der Waals surface area contributed by atoms with E-state index in [0.29, 0.717) is 18.3 Å². The molecule has 8 heteroatoms. The van der Waals surface area contributed by atoms with Crippen molar-refractivity contribution in [1.29, 1.82) is 0 Å².